The van der Waals surface area contributed by atoms with E-state index in [0.29, 0.717) is 0 Å². The predicted octanol–water partition coefficient (Wildman–Crippen LogP) is 4.42. The van der Waals surface area contributed by atoms with Gasteiger partial charge in [0.1, 0.15) is 0 Å². The van der Waals surface area contributed by atoms with Crippen LogP contribution in [0.1, 0.15) is 56.2 Å². The van der Waals surface area contributed by atoms with Crippen molar-refractivity contribution in [1.82, 2.24) is 0 Å². The minimum Gasteiger partial charge on any atom is -0.390 e. The van der Waals surface area contributed by atoms with Gasteiger partial charge in [-0.25, -0.2) is 0 Å². The molecule has 19 heavy (non-hydrogen) atoms. The lowest BCUT2D eigenvalue weighted by Crippen LogP contribution is -2.37. The Morgan fingerprint density at radius 2 is 1.68 bits per heavy atom. The van der Waals surface area contributed by atoms with Gasteiger partial charge in [-0.2, -0.15) is 0 Å². The molecule has 1 aromatic rings. The van der Waals surface area contributed by atoms with Gasteiger partial charge in [-0.15, -0.1) is 0 Å². The molecule has 0 aromatic heterocycles. The molecule has 0 saturated heterocycles. The fourth-order valence-corrected chi connectivity index (χ4v) is 3.48. The van der Waals surface area contributed by atoms with Crippen LogP contribution >= 0.6 is 0 Å². The van der Waals surface area contributed by atoms with Crippen molar-refractivity contribution in [2.75, 3.05) is 0 Å². The zero-order valence-electron chi connectivity index (χ0n) is 12.9. The maximum atomic E-state index is 10.9. The minimum atomic E-state index is -0.470. The summed E-state index contributed by atoms with van der Waals surface area (Å²) < 4.78 is 0. The van der Waals surface area contributed by atoms with Crippen molar-refractivity contribution >= 4 is 0 Å². The lowest BCUT2D eigenvalue weighted by Gasteiger charge is -2.38. The number of aryl methyl sites for hydroxylation is 2. The Kier molecular flexibility index (Phi) is 4.35. The third-order valence-corrected chi connectivity index (χ3v) is 5.05. The molecule has 0 aliphatic heterocycles. The molecular weight excluding hydrogens is 232 g/mol. The first kappa shape index (κ1) is 14.6. The van der Waals surface area contributed by atoms with Crippen LogP contribution in [0.25, 0.3) is 0 Å². The molecule has 1 N–H and O–H groups in total. The fourth-order valence-electron chi connectivity index (χ4n) is 3.48. The quantitative estimate of drug-likeness (QED) is 0.852. The molecule has 0 spiro atoms. The van der Waals surface area contributed by atoms with Crippen LogP contribution < -0.4 is 0 Å². The van der Waals surface area contributed by atoms with Gasteiger partial charge in [0.2, 0.25) is 0 Å². The lowest BCUT2D eigenvalue weighted by molar-refractivity contribution is -0.0148. The van der Waals surface area contributed by atoms with Gasteiger partial charge >= 0.3 is 0 Å². The minimum absolute atomic E-state index is 0.470. The summed E-state index contributed by atoms with van der Waals surface area (Å²) in [5.41, 5.74) is 3.52. The van der Waals surface area contributed by atoms with Crippen molar-refractivity contribution in [3.05, 3.63) is 34.9 Å². The van der Waals surface area contributed by atoms with E-state index in [1.807, 2.05) is 0 Å². The third-order valence-electron chi connectivity index (χ3n) is 5.05. The van der Waals surface area contributed by atoms with Crippen molar-refractivity contribution in [3.63, 3.8) is 0 Å². The molecule has 0 unspecified atom stereocenters. The lowest BCUT2D eigenvalue weighted by atomic mass is 9.72. The first-order valence-corrected chi connectivity index (χ1v) is 7.69. The molecule has 0 bridgehead atoms. The SMILES string of the molecule is Cc1cccc(C)c1CC1(O)CCC(C(C)C)CC1. The van der Waals surface area contributed by atoms with E-state index in [0.717, 1.165) is 31.1 Å². The summed E-state index contributed by atoms with van der Waals surface area (Å²) in [7, 11) is 0. The Bertz CT molecular complexity index is 405. The predicted molar refractivity (Wildman–Crippen MR) is 81.4 cm³/mol. The average molecular weight is 260 g/mol. The number of benzene rings is 1. The van der Waals surface area contributed by atoms with Gasteiger partial charge < -0.3 is 5.11 Å². The molecule has 1 aliphatic carbocycles. The van der Waals surface area contributed by atoms with Crippen LogP contribution in [0.2, 0.25) is 0 Å². The Morgan fingerprint density at radius 1 is 1.16 bits per heavy atom. The zero-order chi connectivity index (χ0) is 14.0. The normalized spacial score (nSPS) is 27.8. The van der Waals surface area contributed by atoms with Crippen molar-refractivity contribution in [2.24, 2.45) is 11.8 Å². The van der Waals surface area contributed by atoms with Gasteiger partial charge in [-0.05, 0) is 68.1 Å². The first-order chi connectivity index (χ1) is 8.91. The Labute approximate surface area is 118 Å². The maximum absolute atomic E-state index is 10.9. The van der Waals surface area contributed by atoms with Gasteiger partial charge in [-0.1, -0.05) is 32.0 Å². The van der Waals surface area contributed by atoms with Crippen LogP contribution in [0.3, 0.4) is 0 Å². The molecule has 1 aromatic carbocycles. The van der Waals surface area contributed by atoms with Crippen molar-refractivity contribution in [3.8, 4) is 0 Å². The molecule has 1 aliphatic rings. The highest BCUT2D eigenvalue weighted by molar-refractivity contribution is 5.34. The second-order valence-corrected chi connectivity index (χ2v) is 6.85. The molecule has 106 valence electrons. The molecule has 2 rings (SSSR count). The summed E-state index contributed by atoms with van der Waals surface area (Å²) in [6.45, 7) is 8.93. The topological polar surface area (TPSA) is 20.2 Å². The van der Waals surface area contributed by atoms with E-state index in [2.05, 4.69) is 45.9 Å². The van der Waals surface area contributed by atoms with E-state index in [-0.39, 0.29) is 0 Å². The monoisotopic (exact) mass is 260 g/mol. The van der Waals surface area contributed by atoms with Gasteiger partial charge in [0.05, 0.1) is 5.60 Å². The molecule has 1 fully saturated rings. The van der Waals surface area contributed by atoms with Gasteiger partial charge in [0, 0.05) is 6.42 Å². The van der Waals surface area contributed by atoms with E-state index in [4.69, 9.17) is 0 Å². The molecule has 0 amide bonds. The highest BCUT2D eigenvalue weighted by Crippen LogP contribution is 2.38. The Balaban J connectivity index is 2.07. The van der Waals surface area contributed by atoms with E-state index in [1.165, 1.54) is 29.5 Å². The zero-order valence-corrected chi connectivity index (χ0v) is 12.9. The maximum Gasteiger partial charge on any atom is 0.0688 e. The highest BCUT2D eigenvalue weighted by atomic mass is 16.3. The van der Waals surface area contributed by atoms with Crippen LogP contribution in [0, 0.1) is 25.7 Å². The van der Waals surface area contributed by atoms with Crippen LogP contribution in [0.5, 0.6) is 0 Å². The van der Waals surface area contributed by atoms with Gasteiger partial charge in [0.25, 0.3) is 0 Å². The van der Waals surface area contributed by atoms with Crippen molar-refractivity contribution < 1.29 is 5.11 Å². The van der Waals surface area contributed by atoms with Crippen LogP contribution in [-0.4, -0.2) is 10.7 Å². The van der Waals surface area contributed by atoms with E-state index >= 15 is 0 Å². The molecule has 1 saturated carbocycles. The van der Waals surface area contributed by atoms with Crippen LogP contribution in [0.4, 0.5) is 0 Å². The summed E-state index contributed by atoms with van der Waals surface area (Å²) in [4.78, 5) is 0. The third kappa shape index (κ3) is 3.39. The summed E-state index contributed by atoms with van der Waals surface area (Å²) >= 11 is 0. The number of hydrogen-bond acceptors (Lipinski definition) is 1. The second-order valence-electron chi connectivity index (χ2n) is 6.85. The standard InChI is InChI=1S/C18H28O/c1-13(2)16-8-10-18(19,11-9-16)12-17-14(3)6-5-7-15(17)4/h5-7,13,16,19H,8-12H2,1-4H3. The molecular formula is C18H28O. The van der Waals surface area contributed by atoms with Crippen LogP contribution in [0.15, 0.2) is 18.2 Å². The Hall–Kier alpha value is -0.820. The molecule has 0 radical (unpaired) electrons. The Morgan fingerprint density at radius 3 is 2.16 bits per heavy atom. The molecule has 0 atom stereocenters. The average Bonchev–Trinajstić information content (AvgIpc) is 2.35. The van der Waals surface area contributed by atoms with E-state index in [9.17, 15) is 5.11 Å². The van der Waals surface area contributed by atoms with Gasteiger partial charge in [0.15, 0.2) is 0 Å². The van der Waals surface area contributed by atoms with E-state index in [1.54, 1.807) is 0 Å². The molecule has 1 nitrogen and oxygen atoms in total. The second kappa shape index (κ2) is 5.66. The van der Waals surface area contributed by atoms with Crippen molar-refractivity contribution in [2.45, 2.75) is 65.4 Å². The summed E-state index contributed by atoms with van der Waals surface area (Å²) in [6.07, 6.45) is 5.11. The smallest absolute Gasteiger partial charge is 0.0688 e. The highest BCUT2D eigenvalue weighted by Gasteiger charge is 2.34. The largest absolute Gasteiger partial charge is 0.390 e. The summed E-state index contributed by atoms with van der Waals surface area (Å²) in [6, 6.07) is 6.42. The molecule has 1 heteroatoms. The first-order valence-electron chi connectivity index (χ1n) is 7.69. The van der Waals surface area contributed by atoms with Crippen molar-refractivity contribution in [1.29, 1.82) is 0 Å². The molecule has 0 heterocycles. The van der Waals surface area contributed by atoms with E-state index < -0.39 is 5.60 Å². The number of hydrogen-bond donors (Lipinski definition) is 1. The number of rotatable bonds is 3. The summed E-state index contributed by atoms with van der Waals surface area (Å²) in [5, 5.41) is 10.9. The van der Waals surface area contributed by atoms with Gasteiger partial charge in [-0.3, -0.25) is 0 Å². The fraction of sp³-hybridized carbons (Fsp3) is 0.667. The van der Waals surface area contributed by atoms with Crippen LogP contribution in [-0.2, 0) is 6.42 Å². The summed E-state index contributed by atoms with van der Waals surface area (Å²) in [5.74, 6) is 1.56. The number of aliphatic hydroxyl groups is 1.